The Bertz CT molecular complexity index is 707. The van der Waals surface area contributed by atoms with Gasteiger partial charge in [0.05, 0.1) is 18.4 Å². The number of aliphatic hydroxyl groups is 4. The fraction of sp³-hybridized carbons (Fsp3) is 0.600. The Hall–Kier alpha value is -1.72. The Morgan fingerprint density at radius 1 is 1.14 bits per heavy atom. The lowest BCUT2D eigenvalue weighted by Crippen LogP contribution is -2.60. The standard InChI is InChI=1S/C20H30N2O7/c1-11(2)27-14-6-4-13(5-7-14)8-15-12(3)9-21-22(15)29-20-19(26)18(25)17(24)16(10-23)28-20/h4-7,11,16-21,23-26H,8-10H2,1-3H3/t16-,17-,18+,19-,20+/m1/s1. The SMILES string of the molecule is CC1=C(Cc2ccc(OC(C)C)cc2)N(O[C@@H]2O[C@H](CO)[C@@H](O)[C@H](O)[C@H]2O)NC1. The molecule has 9 nitrogen and oxygen atoms in total. The zero-order valence-corrected chi connectivity index (χ0v) is 16.9. The van der Waals surface area contributed by atoms with Gasteiger partial charge >= 0.3 is 0 Å². The van der Waals surface area contributed by atoms with Crippen LogP contribution >= 0.6 is 0 Å². The molecular weight excluding hydrogens is 380 g/mol. The maximum absolute atomic E-state index is 10.2. The van der Waals surface area contributed by atoms with Gasteiger partial charge in [0.1, 0.15) is 30.2 Å². The van der Waals surface area contributed by atoms with Gasteiger partial charge in [-0.05, 0) is 44.0 Å². The van der Waals surface area contributed by atoms with E-state index in [1.54, 1.807) is 0 Å². The number of ether oxygens (including phenoxy) is 2. The van der Waals surface area contributed by atoms with Gasteiger partial charge in [-0.3, -0.25) is 0 Å². The number of aliphatic hydroxyl groups excluding tert-OH is 4. The highest BCUT2D eigenvalue weighted by Gasteiger charge is 2.45. The zero-order valence-electron chi connectivity index (χ0n) is 16.9. The maximum atomic E-state index is 10.2. The van der Waals surface area contributed by atoms with E-state index in [9.17, 15) is 20.4 Å². The Balaban J connectivity index is 1.67. The van der Waals surface area contributed by atoms with Crippen LogP contribution in [0.1, 0.15) is 26.3 Å². The van der Waals surface area contributed by atoms with Crippen molar-refractivity contribution in [1.29, 1.82) is 0 Å². The molecule has 1 aromatic carbocycles. The van der Waals surface area contributed by atoms with Crippen LogP contribution in [-0.4, -0.2) is 75.6 Å². The number of allylic oxidation sites excluding steroid dienone is 1. The average molecular weight is 410 g/mol. The van der Waals surface area contributed by atoms with E-state index in [1.165, 1.54) is 5.17 Å². The van der Waals surface area contributed by atoms with Crippen LogP contribution in [0.15, 0.2) is 35.5 Å². The highest BCUT2D eigenvalue weighted by molar-refractivity contribution is 5.31. The Morgan fingerprint density at radius 2 is 1.83 bits per heavy atom. The normalized spacial score (nSPS) is 30.3. The molecule has 0 radical (unpaired) electrons. The predicted molar refractivity (Wildman–Crippen MR) is 103 cm³/mol. The summed E-state index contributed by atoms with van der Waals surface area (Å²) in [6.45, 7) is 5.96. The number of benzene rings is 1. The molecule has 1 aromatic rings. The monoisotopic (exact) mass is 410 g/mol. The van der Waals surface area contributed by atoms with Crippen LogP contribution in [0.2, 0.25) is 0 Å². The average Bonchev–Trinajstić information content (AvgIpc) is 3.03. The molecule has 0 spiro atoms. The second-order valence-corrected chi connectivity index (χ2v) is 7.65. The van der Waals surface area contributed by atoms with Crippen molar-refractivity contribution in [3.05, 3.63) is 41.1 Å². The molecule has 5 atom stereocenters. The Labute approximate surface area is 170 Å². The minimum Gasteiger partial charge on any atom is -0.491 e. The molecule has 3 rings (SSSR count). The highest BCUT2D eigenvalue weighted by Crippen LogP contribution is 2.27. The molecule has 0 bridgehead atoms. The van der Waals surface area contributed by atoms with Crippen molar-refractivity contribution in [3.63, 3.8) is 0 Å². The smallest absolute Gasteiger partial charge is 0.214 e. The summed E-state index contributed by atoms with van der Waals surface area (Å²) < 4.78 is 11.1. The Kier molecular flexibility index (Phi) is 7.12. The van der Waals surface area contributed by atoms with Crippen LogP contribution in [0.5, 0.6) is 5.75 Å². The fourth-order valence-corrected chi connectivity index (χ4v) is 3.29. The van der Waals surface area contributed by atoms with E-state index in [0.29, 0.717) is 13.0 Å². The van der Waals surface area contributed by atoms with E-state index < -0.39 is 37.3 Å². The molecule has 5 N–H and O–H groups in total. The maximum Gasteiger partial charge on any atom is 0.214 e. The van der Waals surface area contributed by atoms with Crippen molar-refractivity contribution in [1.82, 2.24) is 10.6 Å². The molecule has 1 fully saturated rings. The van der Waals surface area contributed by atoms with Gasteiger partial charge in [-0.1, -0.05) is 12.1 Å². The number of hydrazine groups is 1. The zero-order chi connectivity index (χ0) is 21.1. The largest absolute Gasteiger partial charge is 0.491 e. The van der Waals surface area contributed by atoms with Crippen LogP contribution in [0, 0.1) is 0 Å². The summed E-state index contributed by atoms with van der Waals surface area (Å²) in [7, 11) is 0. The van der Waals surface area contributed by atoms with E-state index in [-0.39, 0.29) is 6.10 Å². The van der Waals surface area contributed by atoms with Crippen molar-refractivity contribution in [2.75, 3.05) is 13.2 Å². The molecule has 2 aliphatic heterocycles. The lowest BCUT2D eigenvalue weighted by molar-refractivity contribution is -0.362. The van der Waals surface area contributed by atoms with Crippen LogP contribution in [-0.2, 0) is 16.0 Å². The summed E-state index contributed by atoms with van der Waals surface area (Å²) in [5.74, 6) is 0.799. The van der Waals surface area contributed by atoms with Gasteiger partial charge in [0.25, 0.3) is 0 Å². The quantitative estimate of drug-likeness (QED) is 0.417. The van der Waals surface area contributed by atoms with Crippen molar-refractivity contribution in [2.45, 2.75) is 64.0 Å². The molecule has 0 aliphatic carbocycles. The number of nitrogens with one attached hydrogen (secondary N) is 1. The lowest BCUT2D eigenvalue weighted by atomic mass is 9.99. The molecule has 9 heteroatoms. The van der Waals surface area contributed by atoms with E-state index in [4.69, 9.17) is 14.3 Å². The van der Waals surface area contributed by atoms with Crippen LogP contribution in [0.25, 0.3) is 0 Å². The first-order valence-electron chi connectivity index (χ1n) is 9.75. The molecule has 2 aliphatic rings. The minimum absolute atomic E-state index is 0.104. The summed E-state index contributed by atoms with van der Waals surface area (Å²) >= 11 is 0. The van der Waals surface area contributed by atoms with Gasteiger partial charge in [-0.2, -0.15) is 5.17 Å². The molecule has 2 heterocycles. The fourth-order valence-electron chi connectivity index (χ4n) is 3.29. The van der Waals surface area contributed by atoms with Crippen molar-refractivity contribution >= 4 is 0 Å². The third kappa shape index (κ3) is 5.07. The van der Waals surface area contributed by atoms with Crippen LogP contribution in [0.3, 0.4) is 0 Å². The van der Waals surface area contributed by atoms with E-state index in [1.807, 2.05) is 45.0 Å². The molecule has 1 saturated heterocycles. The van der Waals surface area contributed by atoms with E-state index in [2.05, 4.69) is 5.43 Å². The molecular formula is C20H30N2O7. The molecule has 0 aromatic heterocycles. The molecule has 162 valence electrons. The number of hydrogen-bond acceptors (Lipinski definition) is 9. The lowest BCUT2D eigenvalue weighted by Gasteiger charge is -2.40. The molecule has 0 saturated carbocycles. The van der Waals surface area contributed by atoms with E-state index in [0.717, 1.165) is 22.6 Å². The summed E-state index contributed by atoms with van der Waals surface area (Å²) in [6.07, 6.45) is -5.99. The highest BCUT2D eigenvalue weighted by atomic mass is 16.8. The van der Waals surface area contributed by atoms with Gasteiger partial charge in [0.15, 0.2) is 0 Å². The molecule has 0 unspecified atom stereocenters. The second kappa shape index (κ2) is 9.40. The van der Waals surface area contributed by atoms with Gasteiger partial charge in [0, 0.05) is 13.0 Å². The first-order chi connectivity index (χ1) is 13.8. The predicted octanol–water partition coefficient (Wildman–Crippen LogP) is -0.158. The summed E-state index contributed by atoms with van der Waals surface area (Å²) in [5.41, 5.74) is 6.00. The molecule has 0 amide bonds. The topological polar surface area (TPSA) is 124 Å². The minimum atomic E-state index is -1.49. The number of nitrogens with zero attached hydrogens (tertiary/aromatic N) is 1. The van der Waals surface area contributed by atoms with Crippen molar-refractivity contribution < 1.29 is 34.7 Å². The van der Waals surface area contributed by atoms with Gasteiger partial charge in [0.2, 0.25) is 6.29 Å². The van der Waals surface area contributed by atoms with E-state index >= 15 is 0 Å². The summed E-state index contributed by atoms with van der Waals surface area (Å²) in [5, 5.41) is 40.8. The van der Waals surface area contributed by atoms with Crippen LogP contribution in [0.4, 0.5) is 0 Å². The number of hydrogen-bond donors (Lipinski definition) is 5. The summed E-state index contributed by atoms with van der Waals surface area (Å²) in [6, 6.07) is 7.78. The first kappa shape index (κ1) is 22.0. The third-order valence-corrected chi connectivity index (χ3v) is 4.95. The molecule has 29 heavy (non-hydrogen) atoms. The van der Waals surface area contributed by atoms with Gasteiger partial charge < -0.3 is 29.9 Å². The third-order valence-electron chi connectivity index (χ3n) is 4.95. The van der Waals surface area contributed by atoms with Gasteiger partial charge in [-0.25, -0.2) is 10.3 Å². The summed E-state index contributed by atoms with van der Waals surface area (Å²) in [4.78, 5) is 5.73. The van der Waals surface area contributed by atoms with Gasteiger partial charge in [-0.15, -0.1) is 0 Å². The first-order valence-corrected chi connectivity index (χ1v) is 9.75. The van der Waals surface area contributed by atoms with Crippen LogP contribution < -0.4 is 10.2 Å². The second-order valence-electron chi connectivity index (χ2n) is 7.65. The van der Waals surface area contributed by atoms with Crippen molar-refractivity contribution in [2.24, 2.45) is 0 Å². The van der Waals surface area contributed by atoms with Crippen molar-refractivity contribution in [3.8, 4) is 5.75 Å². The number of hydroxylamine groups is 1. The number of rotatable bonds is 7. The Morgan fingerprint density at radius 3 is 2.45 bits per heavy atom.